The quantitative estimate of drug-likeness (QED) is 0.751. The molecular formula is C13H16FN3O. The summed E-state index contributed by atoms with van der Waals surface area (Å²) in [4.78, 5) is 14.2. The zero-order valence-electron chi connectivity index (χ0n) is 10.0. The Morgan fingerprint density at radius 2 is 2.22 bits per heavy atom. The van der Waals surface area contributed by atoms with Crippen molar-refractivity contribution in [2.75, 3.05) is 26.2 Å². The van der Waals surface area contributed by atoms with Gasteiger partial charge in [-0.3, -0.25) is 9.69 Å². The molecule has 0 aliphatic carbocycles. The summed E-state index contributed by atoms with van der Waals surface area (Å²) < 4.78 is 13.3. The van der Waals surface area contributed by atoms with Gasteiger partial charge < -0.3 is 10.6 Å². The van der Waals surface area contributed by atoms with Crippen molar-refractivity contribution in [1.82, 2.24) is 15.5 Å². The molecule has 0 saturated carbocycles. The van der Waals surface area contributed by atoms with Crippen LogP contribution in [0.2, 0.25) is 0 Å². The van der Waals surface area contributed by atoms with Gasteiger partial charge in [0, 0.05) is 32.2 Å². The summed E-state index contributed by atoms with van der Waals surface area (Å²) in [6, 6.07) is 6.27. The Morgan fingerprint density at radius 1 is 1.33 bits per heavy atom. The summed E-state index contributed by atoms with van der Waals surface area (Å²) in [7, 11) is 0. The smallest absolute Gasteiger partial charge is 0.242 e. The molecule has 0 radical (unpaired) electrons. The van der Waals surface area contributed by atoms with Crippen molar-refractivity contribution in [3.8, 4) is 0 Å². The largest absolute Gasteiger partial charge is 0.353 e. The van der Waals surface area contributed by atoms with Crippen molar-refractivity contribution in [3.63, 3.8) is 0 Å². The molecule has 0 spiro atoms. The average molecular weight is 249 g/mol. The number of nitrogens with one attached hydrogen (secondary N) is 2. The van der Waals surface area contributed by atoms with E-state index in [9.17, 15) is 9.18 Å². The first-order valence-electron chi connectivity index (χ1n) is 6.25. The van der Waals surface area contributed by atoms with E-state index in [1.54, 1.807) is 6.07 Å². The summed E-state index contributed by atoms with van der Waals surface area (Å²) in [6.45, 7) is 3.22. The molecule has 5 heteroatoms. The van der Waals surface area contributed by atoms with Crippen LogP contribution in [0.3, 0.4) is 0 Å². The molecule has 1 aromatic carbocycles. The molecule has 0 aromatic heterocycles. The zero-order chi connectivity index (χ0) is 12.5. The zero-order valence-corrected chi connectivity index (χ0v) is 10.0. The molecule has 2 unspecified atom stereocenters. The van der Waals surface area contributed by atoms with Crippen molar-refractivity contribution in [2.24, 2.45) is 0 Å². The third kappa shape index (κ3) is 2.00. The monoisotopic (exact) mass is 249 g/mol. The van der Waals surface area contributed by atoms with E-state index in [1.807, 2.05) is 6.07 Å². The summed E-state index contributed by atoms with van der Waals surface area (Å²) in [5.74, 6) is -0.323. The summed E-state index contributed by atoms with van der Waals surface area (Å²) >= 11 is 0. The predicted molar refractivity (Wildman–Crippen MR) is 65.5 cm³/mol. The molecule has 1 amide bonds. The molecule has 18 heavy (non-hydrogen) atoms. The maximum Gasteiger partial charge on any atom is 0.242 e. The summed E-state index contributed by atoms with van der Waals surface area (Å²) in [5.41, 5.74) is 0.735. The van der Waals surface area contributed by atoms with Crippen molar-refractivity contribution >= 4 is 5.91 Å². The standard InChI is InChI=1S/C13H16FN3O/c14-10-3-1-2-9(6-10)12-13(18)16-8-11-7-15-4-5-17(11)12/h1-3,6,11-12,15H,4-5,7-8H2,(H,16,18). The van der Waals surface area contributed by atoms with Crippen LogP contribution in [0.25, 0.3) is 0 Å². The van der Waals surface area contributed by atoms with E-state index in [4.69, 9.17) is 0 Å². The molecule has 2 atom stereocenters. The molecule has 3 rings (SSSR count). The van der Waals surface area contributed by atoms with Crippen LogP contribution in [-0.4, -0.2) is 43.0 Å². The van der Waals surface area contributed by atoms with Crippen LogP contribution < -0.4 is 10.6 Å². The lowest BCUT2D eigenvalue weighted by atomic mass is 9.98. The number of nitrogens with zero attached hydrogens (tertiary/aromatic N) is 1. The normalized spacial score (nSPS) is 28.6. The molecule has 2 heterocycles. The SMILES string of the molecule is O=C1NCC2CNCCN2C1c1cccc(F)c1. The lowest BCUT2D eigenvalue weighted by Gasteiger charge is -2.44. The van der Waals surface area contributed by atoms with E-state index >= 15 is 0 Å². The average Bonchev–Trinajstić information content (AvgIpc) is 2.38. The topological polar surface area (TPSA) is 44.4 Å². The molecule has 0 bridgehead atoms. The maximum absolute atomic E-state index is 13.3. The Labute approximate surface area is 105 Å². The first kappa shape index (κ1) is 11.6. The van der Waals surface area contributed by atoms with E-state index in [-0.39, 0.29) is 17.8 Å². The minimum Gasteiger partial charge on any atom is -0.353 e. The van der Waals surface area contributed by atoms with Gasteiger partial charge in [-0.1, -0.05) is 12.1 Å². The second-order valence-corrected chi connectivity index (χ2v) is 4.80. The molecule has 1 aromatic rings. The van der Waals surface area contributed by atoms with E-state index in [0.29, 0.717) is 12.6 Å². The van der Waals surface area contributed by atoms with Gasteiger partial charge in [-0.25, -0.2) is 4.39 Å². The Hall–Kier alpha value is -1.46. The highest BCUT2D eigenvalue weighted by atomic mass is 19.1. The van der Waals surface area contributed by atoms with Gasteiger partial charge in [0.1, 0.15) is 11.9 Å². The number of fused-ring (bicyclic) bond motifs is 1. The lowest BCUT2D eigenvalue weighted by Crippen LogP contribution is -2.63. The fraction of sp³-hybridized carbons (Fsp3) is 0.462. The van der Waals surface area contributed by atoms with E-state index < -0.39 is 0 Å². The molecule has 2 N–H and O–H groups in total. The number of halogens is 1. The van der Waals surface area contributed by atoms with Gasteiger partial charge in [0.2, 0.25) is 5.91 Å². The molecule has 2 aliphatic rings. The van der Waals surface area contributed by atoms with Crippen LogP contribution in [0.15, 0.2) is 24.3 Å². The highest BCUT2D eigenvalue weighted by molar-refractivity contribution is 5.84. The molecule has 2 saturated heterocycles. The molecular weight excluding hydrogens is 233 g/mol. The van der Waals surface area contributed by atoms with Gasteiger partial charge in [0.15, 0.2) is 0 Å². The van der Waals surface area contributed by atoms with Crippen molar-refractivity contribution < 1.29 is 9.18 Å². The van der Waals surface area contributed by atoms with E-state index in [0.717, 1.165) is 25.2 Å². The van der Waals surface area contributed by atoms with Crippen LogP contribution >= 0.6 is 0 Å². The Bertz CT molecular complexity index is 465. The third-order valence-corrected chi connectivity index (χ3v) is 3.65. The minimum absolute atomic E-state index is 0.0289. The van der Waals surface area contributed by atoms with Crippen LogP contribution in [0.4, 0.5) is 4.39 Å². The van der Waals surface area contributed by atoms with Gasteiger partial charge >= 0.3 is 0 Å². The third-order valence-electron chi connectivity index (χ3n) is 3.65. The number of piperazine rings is 2. The second kappa shape index (κ2) is 4.66. The first-order chi connectivity index (χ1) is 8.75. The fourth-order valence-electron chi connectivity index (χ4n) is 2.79. The van der Waals surface area contributed by atoms with Crippen LogP contribution in [0.5, 0.6) is 0 Å². The van der Waals surface area contributed by atoms with Gasteiger partial charge in [-0.2, -0.15) is 0 Å². The number of hydrogen-bond donors (Lipinski definition) is 2. The Morgan fingerprint density at radius 3 is 3.06 bits per heavy atom. The molecule has 2 aliphatic heterocycles. The van der Waals surface area contributed by atoms with Gasteiger partial charge in [-0.05, 0) is 17.7 Å². The minimum atomic E-state index is -0.360. The number of amides is 1. The van der Waals surface area contributed by atoms with E-state index in [2.05, 4.69) is 15.5 Å². The Balaban J connectivity index is 1.93. The predicted octanol–water partition coefficient (Wildman–Crippen LogP) is 0.270. The second-order valence-electron chi connectivity index (χ2n) is 4.80. The fourth-order valence-corrected chi connectivity index (χ4v) is 2.79. The van der Waals surface area contributed by atoms with Crippen molar-refractivity contribution in [1.29, 1.82) is 0 Å². The van der Waals surface area contributed by atoms with Crippen molar-refractivity contribution in [3.05, 3.63) is 35.6 Å². The number of carbonyl (C=O) groups is 1. The number of rotatable bonds is 1. The van der Waals surface area contributed by atoms with Crippen LogP contribution in [0.1, 0.15) is 11.6 Å². The maximum atomic E-state index is 13.3. The molecule has 4 nitrogen and oxygen atoms in total. The highest BCUT2D eigenvalue weighted by Gasteiger charge is 2.38. The molecule has 96 valence electrons. The molecule has 2 fully saturated rings. The lowest BCUT2D eigenvalue weighted by molar-refractivity contribution is -0.132. The van der Waals surface area contributed by atoms with Gasteiger partial charge in [-0.15, -0.1) is 0 Å². The van der Waals surface area contributed by atoms with Crippen LogP contribution in [-0.2, 0) is 4.79 Å². The number of carbonyl (C=O) groups excluding carboxylic acids is 1. The van der Waals surface area contributed by atoms with E-state index in [1.165, 1.54) is 12.1 Å². The van der Waals surface area contributed by atoms with Crippen LogP contribution in [0, 0.1) is 5.82 Å². The number of hydrogen-bond acceptors (Lipinski definition) is 3. The Kier molecular flexibility index (Phi) is 3.01. The summed E-state index contributed by atoms with van der Waals surface area (Å²) in [6.07, 6.45) is 0. The number of benzene rings is 1. The first-order valence-corrected chi connectivity index (χ1v) is 6.25. The summed E-state index contributed by atoms with van der Waals surface area (Å²) in [5, 5.41) is 6.22. The van der Waals surface area contributed by atoms with Gasteiger partial charge in [0.25, 0.3) is 0 Å². The highest BCUT2D eigenvalue weighted by Crippen LogP contribution is 2.27. The van der Waals surface area contributed by atoms with Gasteiger partial charge in [0.05, 0.1) is 0 Å². The van der Waals surface area contributed by atoms with Crippen molar-refractivity contribution in [2.45, 2.75) is 12.1 Å².